The molecule has 0 aliphatic heterocycles. The fraction of sp³-hybridized carbons (Fsp3) is 0.333. The zero-order valence-electron chi connectivity index (χ0n) is 6.47. The summed E-state index contributed by atoms with van der Waals surface area (Å²) in [6.45, 7) is 2.09. The monoisotopic (exact) mass is 170 g/mol. The van der Waals surface area contributed by atoms with Crippen LogP contribution in [0.15, 0.2) is 18.2 Å². The van der Waals surface area contributed by atoms with Crippen LogP contribution in [-0.4, -0.2) is 5.11 Å². The zero-order chi connectivity index (χ0) is 8.27. The van der Waals surface area contributed by atoms with Crippen molar-refractivity contribution in [1.29, 1.82) is 0 Å². The molecule has 0 aliphatic rings. The van der Waals surface area contributed by atoms with Crippen molar-refractivity contribution in [2.45, 2.75) is 20.0 Å². The highest BCUT2D eigenvalue weighted by molar-refractivity contribution is 6.31. The molecular formula is C9H11ClO. The Labute approximate surface area is 71.6 Å². The van der Waals surface area contributed by atoms with E-state index in [1.807, 2.05) is 18.2 Å². The number of rotatable bonds is 2. The SMILES string of the molecule is CCc1ccc(CO)c(Cl)c1. The van der Waals surface area contributed by atoms with Crippen molar-refractivity contribution >= 4 is 11.6 Å². The van der Waals surface area contributed by atoms with Crippen LogP contribution in [0, 0.1) is 0 Å². The number of aliphatic hydroxyl groups is 1. The first-order chi connectivity index (χ1) is 5.27. The van der Waals surface area contributed by atoms with Crippen molar-refractivity contribution in [3.63, 3.8) is 0 Å². The maximum Gasteiger partial charge on any atom is 0.0696 e. The summed E-state index contributed by atoms with van der Waals surface area (Å²) < 4.78 is 0. The van der Waals surface area contributed by atoms with Gasteiger partial charge in [0.25, 0.3) is 0 Å². The Hall–Kier alpha value is -0.530. The van der Waals surface area contributed by atoms with E-state index in [1.165, 1.54) is 5.56 Å². The number of hydrogen-bond donors (Lipinski definition) is 1. The minimum absolute atomic E-state index is 0.0167. The van der Waals surface area contributed by atoms with Crippen LogP contribution in [0.5, 0.6) is 0 Å². The van der Waals surface area contributed by atoms with Crippen LogP contribution in [-0.2, 0) is 13.0 Å². The summed E-state index contributed by atoms with van der Waals surface area (Å²) in [5.74, 6) is 0. The number of hydrogen-bond acceptors (Lipinski definition) is 1. The standard InChI is InChI=1S/C9H11ClO/c1-2-7-3-4-8(6-11)9(10)5-7/h3-5,11H,2,6H2,1H3. The van der Waals surface area contributed by atoms with Crippen LogP contribution in [0.4, 0.5) is 0 Å². The summed E-state index contributed by atoms with van der Waals surface area (Å²) in [5.41, 5.74) is 2.00. The molecule has 0 aliphatic carbocycles. The van der Waals surface area contributed by atoms with Crippen molar-refractivity contribution in [3.8, 4) is 0 Å². The van der Waals surface area contributed by atoms with E-state index in [4.69, 9.17) is 16.7 Å². The van der Waals surface area contributed by atoms with Gasteiger partial charge in [-0.05, 0) is 23.6 Å². The van der Waals surface area contributed by atoms with Crippen LogP contribution in [0.2, 0.25) is 5.02 Å². The molecule has 0 heterocycles. The van der Waals surface area contributed by atoms with Gasteiger partial charge < -0.3 is 5.11 Å². The summed E-state index contributed by atoms with van der Waals surface area (Å²) >= 11 is 5.85. The lowest BCUT2D eigenvalue weighted by Gasteiger charge is -2.01. The number of benzene rings is 1. The van der Waals surface area contributed by atoms with E-state index in [2.05, 4.69) is 6.92 Å². The Morgan fingerprint density at radius 3 is 2.64 bits per heavy atom. The van der Waals surface area contributed by atoms with Gasteiger partial charge in [-0.1, -0.05) is 30.7 Å². The van der Waals surface area contributed by atoms with Crippen molar-refractivity contribution in [1.82, 2.24) is 0 Å². The molecule has 1 rings (SSSR count). The molecule has 1 nitrogen and oxygen atoms in total. The van der Waals surface area contributed by atoms with E-state index < -0.39 is 0 Å². The Balaban J connectivity index is 2.99. The minimum Gasteiger partial charge on any atom is -0.392 e. The molecule has 0 atom stereocenters. The lowest BCUT2D eigenvalue weighted by Crippen LogP contribution is -1.86. The Kier molecular flexibility index (Phi) is 2.92. The molecule has 2 heteroatoms. The normalized spacial score (nSPS) is 10.1. The van der Waals surface area contributed by atoms with Crippen LogP contribution < -0.4 is 0 Å². The van der Waals surface area contributed by atoms with E-state index in [-0.39, 0.29) is 6.61 Å². The molecule has 0 aromatic heterocycles. The molecule has 1 N–H and O–H groups in total. The summed E-state index contributed by atoms with van der Waals surface area (Å²) in [6.07, 6.45) is 0.978. The number of aliphatic hydroxyl groups excluding tert-OH is 1. The van der Waals surface area contributed by atoms with Crippen LogP contribution >= 0.6 is 11.6 Å². The molecule has 0 unspecified atom stereocenters. The van der Waals surface area contributed by atoms with Crippen LogP contribution in [0.3, 0.4) is 0 Å². The third-order valence-electron chi connectivity index (χ3n) is 1.70. The van der Waals surface area contributed by atoms with E-state index in [1.54, 1.807) is 0 Å². The fourth-order valence-corrected chi connectivity index (χ4v) is 1.20. The first kappa shape index (κ1) is 8.57. The fourth-order valence-electron chi connectivity index (χ4n) is 0.939. The minimum atomic E-state index is 0.0167. The first-order valence-electron chi connectivity index (χ1n) is 3.66. The molecule has 1 aromatic rings. The molecule has 0 bridgehead atoms. The molecular weight excluding hydrogens is 160 g/mol. The maximum atomic E-state index is 8.80. The van der Waals surface area contributed by atoms with Crippen LogP contribution in [0.25, 0.3) is 0 Å². The Morgan fingerprint density at radius 1 is 1.45 bits per heavy atom. The van der Waals surface area contributed by atoms with Gasteiger partial charge in [-0.25, -0.2) is 0 Å². The first-order valence-corrected chi connectivity index (χ1v) is 4.04. The lowest BCUT2D eigenvalue weighted by atomic mass is 10.1. The third-order valence-corrected chi connectivity index (χ3v) is 2.05. The van der Waals surface area contributed by atoms with Crippen molar-refractivity contribution in [2.24, 2.45) is 0 Å². The summed E-state index contributed by atoms with van der Waals surface area (Å²) in [5, 5.41) is 9.46. The third kappa shape index (κ3) is 1.95. The van der Waals surface area contributed by atoms with E-state index >= 15 is 0 Å². The molecule has 0 amide bonds. The van der Waals surface area contributed by atoms with E-state index in [0.717, 1.165) is 12.0 Å². The zero-order valence-corrected chi connectivity index (χ0v) is 7.23. The van der Waals surface area contributed by atoms with Crippen molar-refractivity contribution in [2.75, 3.05) is 0 Å². The Morgan fingerprint density at radius 2 is 2.18 bits per heavy atom. The predicted octanol–water partition coefficient (Wildman–Crippen LogP) is 2.39. The average molecular weight is 171 g/mol. The molecule has 0 saturated carbocycles. The molecule has 0 radical (unpaired) electrons. The lowest BCUT2D eigenvalue weighted by molar-refractivity contribution is 0.282. The molecule has 11 heavy (non-hydrogen) atoms. The molecule has 1 aromatic carbocycles. The van der Waals surface area contributed by atoms with Gasteiger partial charge in [0.1, 0.15) is 0 Å². The highest BCUT2D eigenvalue weighted by atomic mass is 35.5. The topological polar surface area (TPSA) is 20.2 Å². The summed E-state index contributed by atoms with van der Waals surface area (Å²) in [4.78, 5) is 0. The molecule has 60 valence electrons. The molecule has 0 spiro atoms. The van der Waals surface area contributed by atoms with Gasteiger partial charge in [-0.15, -0.1) is 0 Å². The van der Waals surface area contributed by atoms with Gasteiger partial charge in [0.05, 0.1) is 6.61 Å². The van der Waals surface area contributed by atoms with Crippen molar-refractivity contribution < 1.29 is 5.11 Å². The van der Waals surface area contributed by atoms with Gasteiger partial charge in [0.2, 0.25) is 0 Å². The highest BCUT2D eigenvalue weighted by Crippen LogP contribution is 2.17. The average Bonchev–Trinajstić information content (AvgIpc) is 2.04. The van der Waals surface area contributed by atoms with Crippen molar-refractivity contribution in [3.05, 3.63) is 34.3 Å². The maximum absolute atomic E-state index is 8.80. The number of aryl methyl sites for hydroxylation is 1. The molecule has 0 fully saturated rings. The van der Waals surface area contributed by atoms with Crippen LogP contribution in [0.1, 0.15) is 18.1 Å². The van der Waals surface area contributed by atoms with Gasteiger partial charge in [0.15, 0.2) is 0 Å². The van der Waals surface area contributed by atoms with E-state index in [0.29, 0.717) is 5.02 Å². The van der Waals surface area contributed by atoms with Gasteiger partial charge in [0, 0.05) is 5.02 Å². The Bertz CT molecular complexity index is 245. The van der Waals surface area contributed by atoms with Gasteiger partial charge >= 0.3 is 0 Å². The van der Waals surface area contributed by atoms with E-state index in [9.17, 15) is 0 Å². The van der Waals surface area contributed by atoms with Gasteiger partial charge in [-0.3, -0.25) is 0 Å². The second kappa shape index (κ2) is 3.74. The molecule has 0 saturated heterocycles. The quantitative estimate of drug-likeness (QED) is 0.723. The number of halogens is 1. The summed E-state index contributed by atoms with van der Waals surface area (Å²) in [6, 6.07) is 5.74. The second-order valence-corrected chi connectivity index (χ2v) is 2.84. The smallest absolute Gasteiger partial charge is 0.0696 e. The van der Waals surface area contributed by atoms with Gasteiger partial charge in [-0.2, -0.15) is 0 Å². The second-order valence-electron chi connectivity index (χ2n) is 2.44. The highest BCUT2D eigenvalue weighted by Gasteiger charge is 1.98. The summed E-state index contributed by atoms with van der Waals surface area (Å²) in [7, 11) is 0. The largest absolute Gasteiger partial charge is 0.392 e. The predicted molar refractivity (Wildman–Crippen MR) is 46.8 cm³/mol.